The number of aryl methyl sites for hydroxylation is 1. The minimum absolute atomic E-state index is 0.169. The number of anilines is 1. The Morgan fingerprint density at radius 1 is 1.06 bits per heavy atom. The smallest absolute Gasteiger partial charge is 0.240 e. The molecule has 7 nitrogen and oxygen atoms in total. The minimum atomic E-state index is -0.317. The fourth-order valence-corrected chi connectivity index (χ4v) is 6.57. The van der Waals surface area contributed by atoms with E-state index in [2.05, 4.69) is 51.7 Å². The van der Waals surface area contributed by atoms with E-state index >= 15 is 0 Å². The van der Waals surface area contributed by atoms with Gasteiger partial charge in [-0.25, -0.2) is 4.68 Å². The third-order valence-electron chi connectivity index (χ3n) is 7.57. The van der Waals surface area contributed by atoms with Gasteiger partial charge in [0.15, 0.2) is 0 Å². The number of nitrogens with two attached hydrogens (primary N) is 1. The highest BCUT2D eigenvalue weighted by Gasteiger charge is 2.35. The van der Waals surface area contributed by atoms with Crippen molar-refractivity contribution in [2.24, 2.45) is 11.7 Å². The van der Waals surface area contributed by atoms with Crippen LogP contribution in [-0.4, -0.2) is 81.9 Å². The van der Waals surface area contributed by atoms with E-state index in [4.69, 9.17) is 10.8 Å². The van der Waals surface area contributed by atoms with Gasteiger partial charge in [-0.05, 0) is 50.7 Å². The van der Waals surface area contributed by atoms with Crippen LogP contribution in [-0.2, 0) is 4.79 Å². The van der Waals surface area contributed by atoms with E-state index in [9.17, 15) is 4.79 Å². The molecule has 0 spiro atoms. The molecule has 8 heteroatoms. The SMILES string of the molecule is Cc1cc(N2CCN(C3CCC(C(N)C(=O)N4CCSC4)CC3)CC2)n(-c2ccccc2)n1. The highest BCUT2D eigenvalue weighted by Crippen LogP contribution is 2.32. The Morgan fingerprint density at radius 3 is 2.45 bits per heavy atom. The molecular formula is C25H36N6OS. The Bertz CT molecular complexity index is 928. The summed E-state index contributed by atoms with van der Waals surface area (Å²) in [7, 11) is 0. The molecule has 1 unspecified atom stereocenters. The van der Waals surface area contributed by atoms with Crippen LogP contribution in [0.2, 0.25) is 0 Å². The van der Waals surface area contributed by atoms with Crippen molar-refractivity contribution >= 4 is 23.5 Å². The van der Waals surface area contributed by atoms with Crippen LogP contribution in [0.1, 0.15) is 31.4 Å². The summed E-state index contributed by atoms with van der Waals surface area (Å²) in [6, 6.07) is 12.9. The van der Waals surface area contributed by atoms with Gasteiger partial charge in [-0.15, -0.1) is 11.8 Å². The lowest BCUT2D eigenvalue weighted by Gasteiger charge is -2.43. The lowest BCUT2D eigenvalue weighted by atomic mass is 9.80. The summed E-state index contributed by atoms with van der Waals surface area (Å²) in [5.74, 6) is 3.55. The van der Waals surface area contributed by atoms with Crippen molar-refractivity contribution in [3.05, 3.63) is 42.1 Å². The van der Waals surface area contributed by atoms with Crippen LogP contribution in [0.3, 0.4) is 0 Å². The standard InChI is InChI=1S/C25H36N6OS/c1-19-17-23(31(27-19)22-5-3-2-4-6-22)29-13-11-28(12-14-29)21-9-7-20(8-10-21)24(26)25(32)30-15-16-33-18-30/h2-6,17,20-21,24H,7-16,18,26H2,1H3. The second kappa shape index (κ2) is 10.1. The van der Waals surface area contributed by atoms with Gasteiger partial charge < -0.3 is 15.5 Å². The van der Waals surface area contributed by atoms with Crippen molar-refractivity contribution in [3.8, 4) is 5.69 Å². The first-order valence-electron chi connectivity index (χ1n) is 12.3. The minimum Gasteiger partial charge on any atom is -0.354 e. The molecule has 3 aliphatic rings. The fourth-order valence-electron chi connectivity index (χ4n) is 5.61. The lowest BCUT2D eigenvalue weighted by molar-refractivity contribution is -0.132. The summed E-state index contributed by atoms with van der Waals surface area (Å²) >= 11 is 1.83. The molecule has 3 heterocycles. The van der Waals surface area contributed by atoms with E-state index in [-0.39, 0.29) is 11.9 Å². The largest absolute Gasteiger partial charge is 0.354 e. The average Bonchev–Trinajstić information content (AvgIpc) is 3.54. The van der Waals surface area contributed by atoms with Crippen LogP contribution in [0.25, 0.3) is 5.69 Å². The molecule has 0 radical (unpaired) electrons. The molecular weight excluding hydrogens is 432 g/mol. The molecule has 3 fully saturated rings. The molecule has 1 aliphatic carbocycles. The number of benzene rings is 1. The van der Waals surface area contributed by atoms with Crippen molar-refractivity contribution in [1.29, 1.82) is 0 Å². The fraction of sp³-hybridized carbons (Fsp3) is 0.600. The predicted molar refractivity (Wildman–Crippen MR) is 135 cm³/mol. The number of para-hydroxylation sites is 1. The number of hydrogen-bond acceptors (Lipinski definition) is 6. The first-order valence-corrected chi connectivity index (χ1v) is 13.5. The van der Waals surface area contributed by atoms with Gasteiger partial charge in [0, 0.05) is 50.6 Å². The number of carbonyl (C=O) groups excluding carboxylic acids is 1. The molecule has 1 amide bonds. The van der Waals surface area contributed by atoms with Crippen LogP contribution >= 0.6 is 11.8 Å². The van der Waals surface area contributed by atoms with Gasteiger partial charge in [-0.1, -0.05) is 18.2 Å². The van der Waals surface area contributed by atoms with E-state index in [1.807, 2.05) is 22.7 Å². The second-order valence-corrected chi connectivity index (χ2v) is 10.7. The predicted octanol–water partition coefficient (Wildman–Crippen LogP) is 2.72. The molecule has 2 aliphatic heterocycles. The highest BCUT2D eigenvalue weighted by molar-refractivity contribution is 7.99. The zero-order valence-corrected chi connectivity index (χ0v) is 20.4. The number of nitrogens with zero attached hydrogens (tertiary/aromatic N) is 5. The average molecular weight is 469 g/mol. The molecule has 1 saturated carbocycles. The topological polar surface area (TPSA) is 70.6 Å². The third-order valence-corrected chi connectivity index (χ3v) is 8.53. The van der Waals surface area contributed by atoms with Crippen molar-refractivity contribution in [1.82, 2.24) is 19.6 Å². The normalized spacial score (nSPS) is 25.4. The number of aromatic nitrogens is 2. The first kappa shape index (κ1) is 22.7. The maximum Gasteiger partial charge on any atom is 0.240 e. The summed E-state index contributed by atoms with van der Waals surface area (Å²) in [6.45, 7) is 7.11. The van der Waals surface area contributed by atoms with Gasteiger partial charge in [0.25, 0.3) is 0 Å². The molecule has 178 valence electrons. The van der Waals surface area contributed by atoms with Crippen molar-refractivity contribution in [2.75, 3.05) is 49.3 Å². The zero-order valence-electron chi connectivity index (χ0n) is 19.6. The maximum absolute atomic E-state index is 12.7. The number of thioether (sulfide) groups is 1. The summed E-state index contributed by atoms with van der Waals surface area (Å²) < 4.78 is 2.08. The molecule has 0 bridgehead atoms. The van der Waals surface area contributed by atoms with Crippen LogP contribution in [0, 0.1) is 12.8 Å². The van der Waals surface area contributed by atoms with Gasteiger partial charge in [-0.2, -0.15) is 5.10 Å². The molecule has 1 aromatic heterocycles. The molecule has 2 aromatic rings. The third kappa shape index (κ3) is 4.93. The maximum atomic E-state index is 12.7. The van der Waals surface area contributed by atoms with E-state index < -0.39 is 0 Å². The monoisotopic (exact) mass is 468 g/mol. The summed E-state index contributed by atoms with van der Waals surface area (Å²) in [5.41, 5.74) is 8.57. The Morgan fingerprint density at radius 2 is 1.79 bits per heavy atom. The quantitative estimate of drug-likeness (QED) is 0.728. The molecule has 5 rings (SSSR count). The Labute approximate surface area is 201 Å². The number of piperazine rings is 1. The molecule has 2 saturated heterocycles. The summed E-state index contributed by atoms with van der Waals surface area (Å²) in [5, 5.41) is 4.75. The molecule has 1 atom stereocenters. The van der Waals surface area contributed by atoms with Crippen molar-refractivity contribution in [2.45, 2.75) is 44.7 Å². The Hall–Kier alpha value is -2.03. The van der Waals surface area contributed by atoms with Crippen LogP contribution in [0.15, 0.2) is 36.4 Å². The van der Waals surface area contributed by atoms with Gasteiger partial charge in [0.1, 0.15) is 5.82 Å². The van der Waals surface area contributed by atoms with Crippen LogP contribution < -0.4 is 10.6 Å². The summed E-state index contributed by atoms with van der Waals surface area (Å²) in [6.07, 6.45) is 4.44. The number of hydrogen-bond donors (Lipinski definition) is 1. The van der Waals surface area contributed by atoms with Gasteiger partial charge in [0.05, 0.1) is 23.3 Å². The zero-order chi connectivity index (χ0) is 22.8. The first-order chi connectivity index (χ1) is 16.1. The van der Waals surface area contributed by atoms with Crippen molar-refractivity contribution in [3.63, 3.8) is 0 Å². The highest BCUT2D eigenvalue weighted by atomic mass is 32.2. The van der Waals surface area contributed by atoms with Crippen molar-refractivity contribution < 1.29 is 4.79 Å². The number of carbonyl (C=O) groups is 1. The van der Waals surface area contributed by atoms with Gasteiger partial charge in [-0.3, -0.25) is 9.69 Å². The van der Waals surface area contributed by atoms with E-state index in [0.29, 0.717) is 12.0 Å². The van der Waals surface area contributed by atoms with E-state index in [1.54, 1.807) is 0 Å². The van der Waals surface area contributed by atoms with Gasteiger partial charge in [0.2, 0.25) is 5.91 Å². The van der Waals surface area contributed by atoms with Crippen LogP contribution in [0.5, 0.6) is 0 Å². The van der Waals surface area contributed by atoms with E-state index in [0.717, 1.165) is 81.4 Å². The number of amides is 1. The van der Waals surface area contributed by atoms with Gasteiger partial charge >= 0.3 is 0 Å². The molecule has 2 N–H and O–H groups in total. The number of rotatable bonds is 5. The summed E-state index contributed by atoms with van der Waals surface area (Å²) in [4.78, 5) is 19.8. The molecule has 33 heavy (non-hydrogen) atoms. The Kier molecular flexibility index (Phi) is 6.94. The Balaban J connectivity index is 1.14. The van der Waals surface area contributed by atoms with E-state index in [1.165, 1.54) is 5.82 Å². The second-order valence-electron chi connectivity index (χ2n) is 9.65. The lowest BCUT2D eigenvalue weighted by Crippen LogP contribution is -2.53. The molecule has 1 aromatic carbocycles. The van der Waals surface area contributed by atoms with Crippen LogP contribution in [0.4, 0.5) is 5.82 Å².